The summed E-state index contributed by atoms with van der Waals surface area (Å²) in [7, 11) is -3.64. The maximum absolute atomic E-state index is 12.8. The van der Waals surface area contributed by atoms with E-state index in [0.717, 1.165) is 32.1 Å². The molecule has 0 bridgehead atoms. The Hall–Kier alpha value is -1.74. The predicted molar refractivity (Wildman–Crippen MR) is 143 cm³/mol. The predicted octanol–water partition coefficient (Wildman–Crippen LogP) is 6.60. The molecular formula is C26H40BrNO6S. The minimum atomic E-state index is -3.64. The lowest BCUT2D eigenvalue weighted by Gasteiger charge is -2.19. The molecule has 0 unspecified atom stereocenters. The molecule has 0 atom stereocenters. The van der Waals surface area contributed by atoms with Gasteiger partial charge in [0.1, 0.15) is 5.60 Å². The number of hydrogen-bond donors (Lipinski definition) is 1. The summed E-state index contributed by atoms with van der Waals surface area (Å²) >= 11 is 3.29. The Morgan fingerprint density at radius 3 is 2.17 bits per heavy atom. The van der Waals surface area contributed by atoms with Crippen molar-refractivity contribution in [1.82, 2.24) is 0 Å². The molecule has 198 valence electrons. The maximum atomic E-state index is 12.8. The van der Waals surface area contributed by atoms with Crippen LogP contribution in [-0.2, 0) is 24.3 Å². The van der Waals surface area contributed by atoms with E-state index in [1.54, 1.807) is 26.8 Å². The van der Waals surface area contributed by atoms with Gasteiger partial charge in [0.25, 0.3) is 0 Å². The van der Waals surface area contributed by atoms with Crippen molar-refractivity contribution in [2.24, 2.45) is 0 Å². The quantitative estimate of drug-likeness (QED) is 0.0973. The largest absolute Gasteiger partial charge is 0.460 e. The first kappa shape index (κ1) is 31.3. The van der Waals surface area contributed by atoms with Crippen molar-refractivity contribution < 1.29 is 27.5 Å². The third kappa shape index (κ3) is 13.8. The second-order valence-corrected chi connectivity index (χ2v) is 12.5. The van der Waals surface area contributed by atoms with Crippen LogP contribution in [0.25, 0.3) is 0 Å². The molecule has 0 spiro atoms. The van der Waals surface area contributed by atoms with E-state index in [9.17, 15) is 22.8 Å². The number of halogens is 1. The number of esters is 1. The minimum absolute atomic E-state index is 0.0314. The summed E-state index contributed by atoms with van der Waals surface area (Å²) in [6, 6.07) is 4.58. The molecule has 7 nitrogen and oxygen atoms in total. The second-order valence-electron chi connectivity index (χ2n) is 9.78. The number of nitrogens with one attached hydrogen (secondary N) is 1. The lowest BCUT2D eigenvalue weighted by atomic mass is 10.0. The van der Waals surface area contributed by atoms with E-state index in [0.29, 0.717) is 30.2 Å². The van der Waals surface area contributed by atoms with Crippen LogP contribution in [0.2, 0.25) is 0 Å². The summed E-state index contributed by atoms with van der Waals surface area (Å²) in [5.41, 5.74) is -0.385. The first-order valence-corrected chi connectivity index (χ1v) is 14.9. The number of rotatable bonds is 17. The lowest BCUT2D eigenvalue weighted by molar-refractivity contribution is -0.154. The smallest absolute Gasteiger partial charge is 0.306 e. The molecule has 0 saturated heterocycles. The van der Waals surface area contributed by atoms with Gasteiger partial charge in [-0.2, -0.15) is 0 Å². The number of sulfonamides is 1. The van der Waals surface area contributed by atoms with E-state index in [2.05, 4.69) is 27.6 Å². The van der Waals surface area contributed by atoms with Gasteiger partial charge in [-0.15, -0.1) is 0 Å². The van der Waals surface area contributed by atoms with E-state index >= 15 is 0 Å². The first-order valence-electron chi connectivity index (χ1n) is 12.4. The Balaban J connectivity index is 2.62. The van der Waals surface area contributed by atoms with Crippen molar-refractivity contribution in [3.05, 3.63) is 28.2 Å². The summed E-state index contributed by atoms with van der Waals surface area (Å²) in [5, 5.41) is 0. The van der Waals surface area contributed by atoms with Crippen LogP contribution < -0.4 is 4.72 Å². The average molecular weight is 575 g/mol. The third-order valence-electron chi connectivity index (χ3n) is 5.22. The Kier molecular flexibility index (Phi) is 13.8. The van der Waals surface area contributed by atoms with Crippen molar-refractivity contribution in [1.29, 1.82) is 0 Å². The zero-order valence-corrected chi connectivity index (χ0v) is 23.9. The fraction of sp³-hybridized carbons (Fsp3) is 0.654. The summed E-state index contributed by atoms with van der Waals surface area (Å²) in [5.74, 6) is -1.63. The molecular weight excluding hydrogens is 534 g/mol. The van der Waals surface area contributed by atoms with E-state index in [1.807, 2.05) is 0 Å². The van der Waals surface area contributed by atoms with Crippen molar-refractivity contribution in [2.45, 2.75) is 104 Å². The molecule has 1 aromatic rings. The first-order chi connectivity index (χ1) is 16.3. The van der Waals surface area contributed by atoms with Gasteiger partial charge in [-0.3, -0.25) is 19.1 Å². The zero-order valence-electron chi connectivity index (χ0n) is 21.5. The van der Waals surface area contributed by atoms with Gasteiger partial charge < -0.3 is 4.74 Å². The van der Waals surface area contributed by atoms with Gasteiger partial charge in [0.2, 0.25) is 21.6 Å². The van der Waals surface area contributed by atoms with Crippen LogP contribution in [0, 0.1) is 0 Å². The number of carbonyl (C=O) groups excluding carboxylic acids is 3. The second kappa shape index (κ2) is 15.4. The molecule has 0 radical (unpaired) electrons. The van der Waals surface area contributed by atoms with E-state index in [1.165, 1.54) is 12.1 Å². The van der Waals surface area contributed by atoms with Crippen LogP contribution in [0.3, 0.4) is 0 Å². The summed E-state index contributed by atoms with van der Waals surface area (Å²) in [4.78, 5) is 37.1. The van der Waals surface area contributed by atoms with Crippen LogP contribution in [0.1, 0.15) is 109 Å². The van der Waals surface area contributed by atoms with Gasteiger partial charge >= 0.3 is 5.97 Å². The Bertz CT molecular complexity index is 953. The summed E-state index contributed by atoms with van der Waals surface area (Å²) in [6.45, 7) is 7.54. The zero-order chi connectivity index (χ0) is 26.5. The van der Waals surface area contributed by atoms with Gasteiger partial charge in [0.05, 0.1) is 17.0 Å². The highest BCUT2D eigenvalue weighted by molar-refractivity contribution is 9.10. The lowest BCUT2D eigenvalue weighted by Crippen LogP contribution is -2.23. The monoisotopic (exact) mass is 573 g/mol. The molecule has 1 aromatic carbocycles. The van der Waals surface area contributed by atoms with Crippen molar-refractivity contribution in [3.8, 4) is 0 Å². The molecule has 0 aromatic heterocycles. The Morgan fingerprint density at radius 1 is 0.914 bits per heavy atom. The van der Waals surface area contributed by atoms with E-state index < -0.39 is 27.2 Å². The number of ether oxygens (including phenoxy) is 1. The highest BCUT2D eigenvalue weighted by Crippen LogP contribution is 2.24. The molecule has 1 N–H and O–H groups in total. The average Bonchev–Trinajstić information content (AvgIpc) is 2.75. The van der Waals surface area contributed by atoms with Gasteiger partial charge in [0.15, 0.2) is 0 Å². The van der Waals surface area contributed by atoms with E-state index in [-0.39, 0.29) is 35.8 Å². The molecule has 0 aliphatic carbocycles. The van der Waals surface area contributed by atoms with Crippen molar-refractivity contribution in [2.75, 3.05) is 10.5 Å². The minimum Gasteiger partial charge on any atom is -0.460 e. The summed E-state index contributed by atoms with van der Waals surface area (Å²) < 4.78 is 33.4. The van der Waals surface area contributed by atoms with Gasteiger partial charge in [0, 0.05) is 17.3 Å². The topological polar surface area (TPSA) is 107 Å². The number of anilines is 1. The SMILES string of the molecule is CCCCCCCCS(=O)(=O)Nc1ccc(Br)cc1C(=O)C(=O)CCCCCC(=O)OC(C)(C)C. The van der Waals surface area contributed by atoms with Gasteiger partial charge in [-0.1, -0.05) is 61.4 Å². The molecule has 0 aliphatic heterocycles. The number of unbranched alkanes of at least 4 members (excludes halogenated alkanes) is 7. The molecule has 0 amide bonds. The standard InChI is InChI=1S/C26H40BrNO6S/c1-5-6-7-8-9-13-18-35(32,33)28-22-17-16-20(27)19-21(22)25(31)23(29)14-11-10-12-15-24(30)34-26(2,3)4/h16-17,19,28H,5-15,18H2,1-4H3. The van der Waals surface area contributed by atoms with Crippen LogP contribution in [-0.4, -0.2) is 37.3 Å². The highest BCUT2D eigenvalue weighted by atomic mass is 79.9. The fourth-order valence-corrected chi connectivity index (χ4v) is 5.03. The molecule has 0 aliphatic rings. The number of carbonyl (C=O) groups is 3. The number of benzene rings is 1. The number of ketones is 2. The molecule has 9 heteroatoms. The van der Waals surface area contributed by atoms with Crippen molar-refractivity contribution >= 4 is 49.2 Å². The third-order valence-corrected chi connectivity index (χ3v) is 7.07. The normalized spacial score (nSPS) is 11.8. The maximum Gasteiger partial charge on any atom is 0.306 e. The molecule has 35 heavy (non-hydrogen) atoms. The Labute approximate surface area is 219 Å². The highest BCUT2D eigenvalue weighted by Gasteiger charge is 2.22. The van der Waals surface area contributed by atoms with E-state index in [4.69, 9.17) is 4.74 Å². The van der Waals surface area contributed by atoms with Gasteiger partial charge in [-0.05, 0) is 58.2 Å². The molecule has 0 fully saturated rings. The molecule has 1 rings (SSSR count). The summed E-state index contributed by atoms with van der Waals surface area (Å²) in [6.07, 6.45) is 7.67. The molecule has 0 heterocycles. The van der Waals surface area contributed by atoms with Crippen molar-refractivity contribution in [3.63, 3.8) is 0 Å². The fourth-order valence-electron chi connectivity index (χ4n) is 3.47. The van der Waals surface area contributed by atoms with Crippen LogP contribution in [0.15, 0.2) is 22.7 Å². The number of Topliss-reactive ketones (excluding diaryl/α,β-unsaturated/α-hetero) is 2. The Morgan fingerprint density at radius 2 is 1.51 bits per heavy atom. The number of hydrogen-bond acceptors (Lipinski definition) is 6. The van der Waals surface area contributed by atoms with Crippen LogP contribution >= 0.6 is 15.9 Å². The molecule has 0 saturated carbocycles. The van der Waals surface area contributed by atoms with Crippen LogP contribution in [0.4, 0.5) is 5.69 Å². The van der Waals surface area contributed by atoms with Crippen LogP contribution in [0.5, 0.6) is 0 Å². The van der Waals surface area contributed by atoms with Gasteiger partial charge in [-0.25, -0.2) is 8.42 Å².